The molecule has 4 N–H and O–H groups in total. The van der Waals surface area contributed by atoms with Gasteiger partial charge in [-0.3, -0.25) is 5.32 Å². The highest BCUT2D eigenvalue weighted by atomic mass is 16.6. The van der Waals surface area contributed by atoms with E-state index in [1.807, 2.05) is 0 Å². The SMILES string of the molecule is COC(O)NCC(O)O. The minimum Gasteiger partial charge on any atom is -0.367 e. The van der Waals surface area contributed by atoms with Gasteiger partial charge in [-0.05, 0) is 0 Å². The maximum atomic E-state index is 8.55. The van der Waals surface area contributed by atoms with Crippen LogP contribution in [0.2, 0.25) is 0 Å². The third kappa shape index (κ3) is 5.67. The lowest BCUT2D eigenvalue weighted by Crippen LogP contribution is -2.36. The van der Waals surface area contributed by atoms with Crippen molar-refractivity contribution in [2.45, 2.75) is 12.7 Å². The predicted octanol–water partition coefficient (Wildman–Crippen LogP) is -2.19. The molecule has 5 heteroatoms. The van der Waals surface area contributed by atoms with Crippen LogP contribution in [0, 0.1) is 0 Å². The Labute approximate surface area is 52.9 Å². The number of methoxy groups -OCH3 is 1. The van der Waals surface area contributed by atoms with Crippen LogP contribution >= 0.6 is 0 Å². The quantitative estimate of drug-likeness (QED) is 0.331. The second-order valence-corrected chi connectivity index (χ2v) is 1.48. The van der Waals surface area contributed by atoms with Gasteiger partial charge in [-0.15, -0.1) is 0 Å². The fraction of sp³-hybridized carbons (Fsp3) is 1.00. The highest BCUT2D eigenvalue weighted by molar-refractivity contribution is 4.42. The minimum atomic E-state index is -1.46. The predicted molar refractivity (Wildman–Crippen MR) is 29.2 cm³/mol. The fourth-order valence-electron chi connectivity index (χ4n) is 0.290. The molecule has 0 aliphatic heterocycles. The largest absolute Gasteiger partial charge is 0.367 e. The normalized spacial score (nSPS) is 14.3. The first-order chi connectivity index (χ1) is 4.16. The number of rotatable bonds is 4. The molecule has 0 amide bonds. The molecule has 0 radical (unpaired) electrons. The van der Waals surface area contributed by atoms with Gasteiger partial charge in [0.25, 0.3) is 0 Å². The Kier molecular flexibility index (Phi) is 4.55. The average Bonchev–Trinajstić information content (AvgIpc) is 1.83. The Morgan fingerprint density at radius 3 is 2.33 bits per heavy atom. The molecule has 56 valence electrons. The second kappa shape index (κ2) is 4.66. The lowest BCUT2D eigenvalue weighted by Gasteiger charge is -2.10. The molecule has 9 heavy (non-hydrogen) atoms. The van der Waals surface area contributed by atoms with Crippen LogP contribution in [0.25, 0.3) is 0 Å². The van der Waals surface area contributed by atoms with Gasteiger partial charge in [-0.2, -0.15) is 0 Å². The van der Waals surface area contributed by atoms with Crippen LogP contribution in [0.4, 0.5) is 0 Å². The molecule has 0 aromatic rings. The summed E-state index contributed by atoms with van der Waals surface area (Å²) < 4.78 is 4.32. The van der Waals surface area contributed by atoms with E-state index in [9.17, 15) is 0 Å². The summed E-state index contributed by atoms with van der Waals surface area (Å²) in [6.07, 6.45) is -2.60. The fourth-order valence-corrected chi connectivity index (χ4v) is 0.290. The molecule has 0 aliphatic rings. The van der Waals surface area contributed by atoms with E-state index in [1.54, 1.807) is 0 Å². The third-order valence-corrected chi connectivity index (χ3v) is 0.698. The smallest absolute Gasteiger partial charge is 0.213 e. The summed E-state index contributed by atoms with van der Waals surface area (Å²) in [5.74, 6) is 0. The van der Waals surface area contributed by atoms with Crippen LogP contribution in [0.3, 0.4) is 0 Å². The van der Waals surface area contributed by atoms with Crippen LogP contribution in [0.1, 0.15) is 0 Å². The van der Waals surface area contributed by atoms with Gasteiger partial charge in [0, 0.05) is 7.11 Å². The summed E-state index contributed by atoms with van der Waals surface area (Å²) in [7, 11) is 1.29. The maximum absolute atomic E-state index is 8.55. The molecular weight excluding hydrogens is 126 g/mol. The molecule has 0 heterocycles. The van der Waals surface area contributed by atoms with Crippen LogP contribution in [0.5, 0.6) is 0 Å². The Balaban J connectivity index is 3.06. The first-order valence-electron chi connectivity index (χ1n) is 2.47. The maximum Gasteiger partial charge on any atom is 0.213 e. The van der Waals surface area contributed by atoms with Crippen molar-refractivity contribution in [3.05, 3.63) is 0 Å². The van der Waals surface area contributed by atoms with Crippen LogP contribution in [0.15, 0.2) is 0 Å². The van der Waals surface area contributed by atoms with E-state index in [2.05, 4.69) is 10.1 Å². The lowest BCUT2D eigenvalue weighted by molar-refractivity contribution is -0.117. The van der Waals surface area contributed by atoms with Gasteiger partial charge in [0.1, 0.15) is 0 Å². The molecule has 0 rings (SSSR count). The van der Waals surface area contributed by atoms with E-state index >= 15 is 0 Å². The number of aliphatic hydroxyl groups is 3. The van der Waals surface area contributed by atoms with Gasteiger partial charge >= 0.3 is 0 Å². The molecule has 0 aromatic carbocycles. The molecule has 5 nitrogen and oxygen atoms in total. The van der Waals surface area contributed by atoms with E-state index in [0.717, 1.165) is 0 Å². The zero-order valence-corrected chi connectivity index (χ0v) is 5.11. The first-order valence-corrected chi connectivity index (χ1v) is 2.47. The van der Waals surface area contributed by atoms with Gasteiger partial charge in [0.2, 0.25) is 6.41 Å². The van der Waals surface area contributed by atoms with Crippen LogP contribution < -0.4 is 5.32 Å². The van der Waals surface area contributed by atoms with E-state index in [4.69, 9.17) is 15.3 Å². The van der Waals surface area contributed by atoms with Crippen molar-refractivity contribution in [1.82, 2.24) is 5.32 Å². The molecule has 0 aliphatic carbocycles. The summed E-state index contributed by atoms with van der Waals surface area (Å²) in [4.78, 5) is 0. The summed E-state index contributed by atoms with van der Waals surface area (Å²) in [5, 5.41) is 27.3. The van der Waals surface area contributed by atoms with E-state index in [-0.39, 0.29) is 6.54 Å². The molecule has 0 aromatic heterocycles. The van der Waals surface area contributed by atoms with E-state index in [0.29, 0.717) is 0 Å². The molecule has 0 spiro atoms. The molecule has 0 saturated carbocycles. The standard InChI is InChI=1S/C4H11NO4/c1-9-4(8)5-2-3(6)7/h3-8H,2H2,1H3. The highest BCUT2D eigenvalue weighted by Crippen LogP contribution is 1.76. The van der Waals surface area contributed by atoms with Crippen molar-refractivity contribution < 1.29 is 20.1 Å². The molecule has 0 saturated heterocycles. The Morgan fingerprint density at radius 2 is 2.00 bits per heavy atom. The number of ether oxygens (including phenoxy) is 1. The van der Waals surface area contributed by atoms with Crippen molar-refractivity contribution in [1.29, 1.82) is 0 Å². The molecular formula is C4H11NO4. The van der Waals surface area contributed by atoms with Crippen LogP contribution in [-0.4, -0.2) is 41.7 Å². The average molecular weight is 137 g/mol. The Morgan fingerprint density at radius 1 is 1.44 bits per heavy atom. The zero-order chi connectivity index (χ0) is 7.28. The minimum absolute atomic E-state index is 0.116. The first kappa shape index (κ1) is 8.80. The monoisotopic (exact) mass is 137 g/mol. The second-order valence-electron chi connectivity index (χ2n) is 1.48. The highest BCUT2D eigenvalue weighted by Gasteiger charge is 2.01. The Hall–Kier alpha value is -0.200. The molecule has 0 fully saturated rings. The molecule has 1 atom stereocenters. The Bertz CT molecular complexity index is 67.6. The van der Waals surface area contributed by atoms with E-state index in [1.165, 1.54) is 7.11 Å². The topological polar surface area (TPSA) is 82.0 Å². The molecule has 1 unspecified atom stereocenters. The van der Waals surface area contributed by atoms with Gasteiger partial charge in [0.15, 0.2) is 6.29 Å². The van der Waals surface area contributed by atoms with E-state index < -0.39 is 12.7 Å². The van der Waals surface area contributed by atoms with Crippen molar-refractivity contribution >= 4 is 0 Å². The number of aliphatic hydroxyl groups excluding tert-OH is 2. The van der Waals surface area contributed by atoms with Crippen molar-refractivity contribution in [3.63, 3.8) is 0 Å². The van der Waals surface area contributed by atoms with Crippen molar-refractivity contribution in [2.24, 2.45) is 0 Å². The summed E-state index contributed by atoms with van der Waals surface area (Å²) >= 11 is 0. The third-order valence-electron chi connectivity index (χ3n) is 0.698. The lowest BCUT2D eigenvalue weighted by atomic mass is 10.6. The van der Waals surface area contributed by atoms with Crippen LogP contribution in [-0.2, 0) is 4.74 Å². The summed E-state index contributed by atoms with van der Waals surface area (Å²) in [5.41, 5.74) is 0. The van der Waals surface area contributed by atoms with Gasteiger partial charge in [0.05, 0.1) is 6.54 Å². The number of hydrogen-bond acceptors (Lipinski definition) is 5. The zero-order valence-electron chi connectivity index (χ0n) is 5.11. The summed E-state index contributed by atoms with van der Waals surface area (Å²) in [6, 6.07) is 0. The summed E-state index contributed by atoms with van der Waals surface area (Å²) in [6.45, 7) is -0.116. The van der Waals surface area contributed by atoms with Crippen molar-refractivity contribution in [3.8, 4) is 0 Å². The van der Waals surface area contributed by atoms with Gasteiger partial charge < -0.3 is 20.1 Å². The van der Waals surface area contributed by atoms with Crippen molar-refractivity contribution in [2.75, 3.05) is 13.7 Å². The van der Waals surface area contributed by atoms with Gasteiger partial charge in [-0.1, -0.05) is 0 Å². The van der Waals surface area contributed by atoms with Gasteiger partial charge in [-0.25, -0.2) is 0 Å². The number of hydrogen-bond donors (Lipinski definition) is 4. The molecule has 0 bridgehead atoms. The number of nitrogens with one attached hydrogen (secondary N) is 1.